The highest BCUT2D eigenvalue weighted by molar-refractivity contribution is 8.01. The minimum absolute atomic E-state index is 0.0114. The Morgan fingerprint density at radius 3 is 2.68 bits per heavy atom. The van der Waals surface area contributed by atoms with Gasteiger partial charge in [0, 0.05) is 16.6 Å². The molecule has 4 rings (SSSR count). The van der Waals surface area contributed by atoms with E-state index in [4.69, 9.17) is 9.47 Å². The van der Waals surface area contributed by atoms with Gasteiger partial charge in [-0.15, -0.1) is 11.3 Å². The number of carbonyl (C=O) groups is 2. The number of nitrogens with zero attached hydrogens (tertiary/aromatic N) is 1. The van der Waals surface area contributed by atoms with Gasteiger partial charge in [-0.05, 0) is 41.8 Å². The molecular weight excluding hydrogens is 432 g/mol. The fourth-order valence-corrected chi connectivity index (χ4v) is 4.78. The van der Waals surface area contributed by atoms with Crippen LogP contribution in [-0.4, -0.2) is 29.2 Å². The Morgan fingerprint density at radius 2 is 1.90 bits per heavy atom. The summed E-state index contributed by atoms with van der Waals surface area (Å²) in [7, 11) is 0. The Bertz CT molecular complexity index is 1090. The molecule has 0 saturated heterocycles. The van der Waals surface area contributed by atoms with Gasteiger partial charge in [0.25, 0.3) is 0 Å². The summed E-state index contributed by atoms with van der Waals surface area (Å²) >= 11 is 2.80. The Labute approximate surface area is 189 Å². The van der Waals surface area contributed by atoms with Crippen molar-refractivity contribution >= 4 is 40.5 Å². The van der Waals surface area contributed by atoms with Gasteiger partial charge in [0.15, 0.2) is 21.6 Å². The third-order valence-electron chi connectivity index (χ3n) is 4.75. The van der Waals surface area contributed by atoms with Gasteiger partial charge < -0.3 is 14.8 Å². The molecule has 31 heavy (non-hydrogen) atoms. The van der Waals surface area contributed by atoms with Crippen LogP contribution in [0, 0.1) is 0 Å². The van der Waals surface area contributed by atoms with Crippen LogP contribution in [0.5, 0.6) is 11.5 Å². The number of amides is 1. The number of Topliss-reactive ketones (excluding diaryl/α,β-unsaturated/α-hetero) is 1. The summed E-state index contributed by atoms with van der Waals surface area (Å²) in [5, 5.41) is 4.76. The molecule has 8 heteroatoms. The van der Waals surface area contributed by atoms with E-state index in [-0.39, 0.29) is 30.7 Å². The van der Waals surface area contributed by atoms with Gasteiger partial charge in [0.1, 0.15) is 0 Å². The maximum absolute atomic E-state index is 12.5. The highest BCUT2D eigenvalue weighted by atomic mass is 32.2. The van der Waals surface area contributed by atoms with E-state index in [9.17, 15) is 9.59 Å². The number of thiazole rings is 1. The third-order valence-corrected chi connectivity index (χ3v) is 6.82. The molecule has 0 saturated carbocycles. The molecule has 2 aromatic carbocycles. The Kier molecular flexibility index (Phi) is 6.58. The molecule has 1 amide bonds. The summed E-state index contributed by atoms with van der Waals surface area (Å²) in [6, 6.07) is 13.1. The zero-order chi connectivity index (χ0) is 21.8. The Morgan fingerprint density at radius 1 is 1.13 bits per heavy atom. The van der Waals surface area contributed by atoms with E-state index in [1.807, 2.05) is 29.6 Å². The van der Waals surface area contributed by atoms with Crippen molar-refractivity contribution in [3.8, 4) is 11.5 Å². The minimum Gasteiger partial charge on any atom is -0.454 e. The van der Waals surface area contributed by atoms with E-state index in [0.29, 0.717) is 28.7 Å². The molecule has 3 aromatic rings. The van der Waals surface area contributed by atoms with Crippen LogP contribution >= 0.6 is 23.1 Å². The van der Waals surface area contributed by atoms with Crippen LogP contribution in [0.1, 0.15) is 41.4 Å². The van der Waals surface area contributed by atoms with Crippen molar-refractivity contribution in [1.82, 2.24) is 4.98 Å². The zero-order valence-corrected chi connectivity index (χ0v) is 18.8. The van der Waals surface area contributed by atoms with E-state index in [1.54, 1.807) is 18.2 Å². The number of thioether (sulfide) groups is 1. The molecule has 0 unspecified atom stereocenters. The zero-order valence-electron chi connectivity index (χ0n) is 17.2. The highest BCUT2D eigenvalue weighted by Crippen LogP contribution is 2.33. The van der Waals surface area contributed by atoms with Crippen molar-refractivity contribution < 1.29 is 19.1 Å². The fourth-order valence-electron chi connectivity index (χ4n) is 3.04. The number of anilines is 1. The summed E-state index contributed by atoms with van der Waals surface area (Å²) in [5.41, 5.74) is 3.28. The van der Waals surface area contributed by atoms with Crippen LogP contribution in [0.15, 0.2) is 52.2 Å². The van der Waals surface area contributed by atoms with Crippen molar-refractivity contribution in [3.05, 3.63) is 64.7 Å². The quantitative estimate of drug-likeness (QED) is 0.375. The largest absolute Gasteiger partial charge is 0.454 e. The number of hydrogen-bond donors (Lipinski definition) is 1. The molecule has 1 aromatic heterocycles. The van der Waals surface area contributed by atoms with Crippen LogP contribution in [-0.2, 0) is 11.2 Å². The molecule has 1 aliphatic heterocycles. The van der Waals surface area contributed by atoms with E-state index in [0.717, 1.165) is 10.0 Å². The number of aromatic nitrogens is 1. The van der Waals surface area contributed by atoms with Crippen LogP contribution in [0.3, 0.4) is 0 Å². The number of carbonyl (C=O) groups excluding carboxylic acids is 2. The lowest BCUT2D eigenvalue weighted by Crippen LogP contribution is -2.14. The van der Waals surface area contributed by atoms with Crippen molar-refractivity contribution in [2.24, 2.45) is 0 Å². The summed E-state index contributed by atoms with van der Waals surface area (Å²) in [6.07, 6.45) is 0.194. The van der Waals surface area contributed by atoms with Crippen LogP contribution < -0.4 is 14.8 Å². The number of fused-ring (bicyclic) bond motifs is 1. The lowest BCUT2D eigenvalue weighted by atomic mass is 10.0. The summed E-state index contributed by atoms with van der Waals surface area (Å²) < 4.78 is 11.4. The van der Waals surface area contributed by atoms with Gasteiger partial charge in [0.05, 0.1) is 17.9 Å². The third kappa shape index (κ3) is 5.45. The van der Waals surface area contributed by atoms with Crippen molar-refractivity contribution in [1.29, 1.82) is 0 Å². The monoisotopic (exact) mass is 454 g/mol. The first-order valence-corrected chi connectivity index (χ1v) is 11.7. The minimum atomic E-state index is -0.115. The van der Waals surface area contributed by atoms with Crippen LogP contribution in [0.4, 0.5) is 5.69 Å². The number of nitrogens with one attached hydrogen (secondary N) is 1. The number of ether oxygens (including phenoxy) is 2. The maximum Gasteiger partial charge on any atom is 0.231 e. The van der Waals surface area contributed by atoms with Crippen molar-refractivity contribution in [3.63, 3.8) is 0 Å². The van der Waals surface area contributed by atoms with Crippen molar-refractivity contribution in [2.45, 2.75) is 30.5 Å². The molecule has 2 heterocycles. The molecule has 0 bridgehead atoms. The van der Waals surface area contributed by atoms with E-state index in [2.05, 4.69) is 24.1 Å². The summed E-state index contributed by atoms with van der Waals surface area (Å²) in [5.74, 6) is 1.84. The van der Waals surface area contributed by atoms with E-state index >= 15 is 0 Å². The number of rotatable bonds is 8. The molecule has 6 nitrogen and oxygen atoms in total. The van der Waals surface area contributed by atoms with Gasteiger partial charge in [-0.2, -0.15) is 0 Å². The molecule has 0 atom stereocenters. The second kappa shape index (κ2) is 9.53. The lowest BCUT2D eigenvalue weighted by Gasteiger charge is -2.08. The van der Waals surface area contributed by atoms with Gasteiger partial charge in [-0.25, -0.2) is 4.98 Å². The second-order valence-electron chi connectivity index (χ2n) is 7.39. The Balaban J connectivity index is 1.28. The Hall–Kier alpha value is -2.84. The summed E-state index contributed by atoms with van der Waals surface area (Å²) in [6.45, 7) is 4.45. The first-order chi connectivity index (χ1) is 15.0. The van der Waals surface area contributed by atoms with Gasteiger partial charge in [-0.1, -0.05) is 37.7 Å². The van der Waals surface area contributed by atoms with E-state index < -0.39 is 0 Å². The molecular formula is C23H22N2O4S2. The van der Waals surface area contributed by atoms with Gasteiger partial charge in [-0.3, -0.25) is 9.59 Å². The first kappa shape index (κ1) is 21.4. The lowest BCUT2D eigenvalue weighted by molar-refractivity contribution is -0.115. The predicted octanol–water partition coefficient (Wildman–Crippen LogP) is 5.15. The molecule has 0 fully saturated rings. The topological polar surface area (TPSA) is 77.5 Å². The summed E-state index contributed by atoms with van der Waals surface area (Å²) in [4.78, 5) is 29.3. The van der Waals surface area contributed by atoms with E-state index in [1.165, 1.54) is 28.7 Å². The molecule has 1 N–H and O–H groups in total. The highest BCUT2D eigenvalue weighted by Gasteiger charge is 2.17. The van der Waals surface area contributed by atoms with Gasteiger partial charge >= 0.3 is 0 Å². The predicted molar refractivity (Wildman–Crippen MR) is 123 cm³/mol. The fraction of sp³-hybridized carbons (Fsp3) is 0.261. The van der Waals surface area contributed by atoms with Crippen LogP contribution in [0.2, 0.25) is 0 Å². The SMILES string of the molecule is CC(C)c1ccc(NC(=O)Cc2csc(SCC(=O)c3ccc4c(c3)OCO4)n2)cc1. The second-order valence-corrected chi connectivity index (χ2v) is 9.47. The molecule has 160 valence electrons. The number of ketones is 1. The normalized spacial score (nSPS) is 12.2. The average molecular weight is 455 g/mol. The molecule has 1 aliphatic rings. The number of hydrogen-bond acceptors (Lipinski definition) is 7. The smallest absolute Gasteiger partial charge is 0.231 e. The number of benzene rings is 2. The molecule has 0 spiro atoms. The molecule has 0 aliphatic carbocycles. The maximum atomic E-state index is 12.5. The first-order valence-electron chi connectivity index (χ1n) is 9.88. The van der Waals surface area contributed by atoms with Crippen molar-refractivity contribution in [2.75, 3.05) is 17.9 Å². The average Bonchev–Trinajstić information content (AvgIpc) is 3.41. The van der Waals surface area contributed by atoms with Gasteiger partial charge in [0.2, 0.25) is 12.7 Å². The van der Waals surface area contributed by atoms with Crippen LogP contribution in [0.25, 0.3) is 0 Å². The molecule has 0 radical (unpaired) electrons. The standard InChI is InChI=1S/C23H22N2O4S2/c1-14(2)15-3-6-17(7-4-15)24-22(27)10-18-11-30-23(25-18)31-12-19(26)16-5-8-20-21(9-16)29-13-28-20/h3-9,11,14H,10,12-13H2,1-2H3,(H,24,27).